The maximum Gasteiger partial charge on any atom is 0.257 e. The van der Waals surface area contributed by atoms with Gasteiger partial charge in [0.05, 0.1) is 29.8 Å². The van der Waals surface area contributed by atoms with Crippen molar-refractivity contribution in [3.63, 3.8) is 0 Å². The van der Waals surface area contributed by atoms with Crippen molar-refractivity contribution >= 4 is 5.91 Å². The van der Waals surface area contributed by atoms with Gasteiger partial charge in [-0.15, -0.1) is 0 Å². The van der Waals surface area contributed by atoms with Crippen molar-refractivity contribution in [1.82, 2.24) is 24.6 Å². The fourth-order valence-corrected chi connectivity index (χ4v) is 4.72. The lowest BCUT2D eigenvalue weighted by atomic mass is 9.92. The van der Waals surface area contributed by atoms with Crippen LogP contribution in [0.3, 0.4) is 0 Å². The molecule has 1 saturated heterocycles. The minimum Gasteiger partial charge on any atom is -0.338 e. The number of benzene rings is 1. The molecule has 1 fully saturated rings. The molecule has 0 bridgehead atoms. The molecule has 1 aliphatic heterocycles. The van der Waals surface area contributed by atoms with Gasteiger partial charge >= 0.3 is 0 Å². The first-order chi connectivity index (χ1) is 15.6. The lowest BCUT2D eigenvalue weighted by molar-refractivity contribution is 0.0789. The molecule has 0 N–H and O–H groups in total. The Bertz CT molecular complexity index is 1030. The third-order valence-electron chi connectivity index (χ3n) is 6.24. The molecule has 0 spiro atoms. The number of carbonyl (C=O) groups excluding carboxylic acids is 1. The van der Waals surface area contributed by atoms with E-state index in [0.717, 1.165) is 56.7 Å². The molecule has 3 aromatic rings. The Balaban J connectivity index is 1.67. The monoisotopic (exact) mass is 435 g/mol. The molecule has 168 valence electrons. The SMILES string of the molecule is CCCC(CCC)c1c(C(=O)N2CC[C@H](c3ccccc3)C2)cnn1-c1ncc(F)cn1. The van der Waals surface area contributed by atoms with Crippen LogP contribution in [0.2, 0.25) is 0 Å². The summed E-state index contributed by atoms with van der Waals surface area (Å²) in [4.78, 5) is 23.8. The Morgan fingerprint density at radius 3 is 2.44 bits per heavy atom. The highest BCUT2D eigenvalue weighted by Gasteiger charge is 2.32. The van der Waals surface area contributed by atoms with E-state index in [1.165, 1.54) is 5.56 Å². The summed E-state index contributed by atoms with van der Waals surface area (Å²) in [6, 6.07) is 10.4. The Hall–Kier alpha value is -3.09. The molecule has 0 aliphatic carbocycles. The Morgan fingerprint density at radius 2 is 1.78 bits per heavy atom. The van der Waals surface area contributed by atoms with E-state index in [9.17, 15) is 9.18 Å². The highest BCUT2D eigenvalue weighted by atomic mass is 19.1. The number of hydrogen-bond donors (Lipinski definition) is 0. The van der Waals surface area contributed by atoms with Crippen LogP contribution in [0, 0.1) is 5.82 Å². The largest absolute Gasteiger partial charge is 0.338 e. The average molecular weight is 436 g/mol. The van der Waals surface area contributed by atoms with Crippen LogP contribution in [0.1, 0.15) is 79.4 Å². The minimum atomic E-state index is -0.499. The van der Waals surface area contributed by atoms with Crippen LogP contribution >= 0.6 is 0 Å². The second kappa shape index (κ2) is 10.0. The van der Waals surface area contributed by atoms with E-state index in [1.807, 2.05) is 23.1 Å². The summed E-state index contributed by atoms with van der Waals surface area (Å²) in [7, 11) is 0. The van der Waals surface area contributed by atoms with Crippen molar-refractivity contribution < 1.29 is 9.18 Å². The zero-order chi connectivity index (χ0) is 22.5. The van der Waals surface area contributed by atoms with Gasteiger partial charge in [0.1, 0.15) is 0 Å². The molecule has 6 nitrogen and oxygen atoms in total. The highest BCUT2D eigenvalue weighted by Crippen LogP contribution is 2.33. The lowest BCUT2D eigenvalue weighted by Crippen LogP contribution is -2.29. The summed E-state index contributed by atoms with van der Waals surface area (Å²) in [6.07, 6.45) is 8.72. The second-order valence-corrected chi connectivity index (χ2v) is 8.48. The van der Waals surface area contributed by atoms with Crippen LogP contribution in [0.25, 0.3) is 5.95 Å². The predicted octanol–water partition coefficient (Wildman–Crippen LogP) is 5.11. The number of aromatic nitrogens is 4. The van der Waals surface area contributed by atoms with Crippen molar-refractivity contribution in [2.45, 2.75) is 57.8 Å². The number of carbonyl (C=O) groups is 1. The van der Waals surface area contributed by atoms with Gasteiger partial charge < -0.3 is 4.90 Å². The Kier molecular flexibility index (Phi) is 6.93. The van der Waals surface area contributed by atoms with Gasteiger partial charge in [0.2, 0.25) is 0 Å². The van der Waals surface area contributed by atoms with Crippen LogP contribution in [-0.2, 0) is 0 Å². The van der Waals surface area contributed by atoms with Gasteiger partial charge in [0, 0.05) is 24.9 Å². The van der Waals surface area contributed by atoms with E-state index < -0.39 is 5.82 Å². The summed E-state index contributed by atoms with van der Waals surface area (Å²) in [5.74, 6) is 0.306. The van der Waals surface area contributed by atoms with E-state index in [4.69, 9.17) is 0 Å². The molecule has 0 radical (unpaired) electrons. The normalized spacial score (nSPS) is 16.1. The standard InChI is InChI=1S/C25H30FN5O/c1-3-8-19(9-4-2)23-22(16-29-31(23)25-27-14-21(26)15-28-25)24(32)30-13-12-20(17-30)18-10-6-5-7-11-18/h5-7,10-11,14-16,19-20H,3-4,8-9,12-13,17H2,1-2H3/t20-/m0/s1. The predicted molar refractivity (Wildman–Crippen MR) is 121 cm³/mol. The van der Waals surface area contributed by atoms with Crippen molar-refractivity contribution in [1.29, 1.82) is 0 Å². The van der Waals surface area contributed by atoms with Gasteiger partial charge in [0.15, 0.2) is 5.82 Å². The van der Waals surface area contributed by atoms with Crippen LogP contribution in [-0.4, -0.2) is 43.6 Å². The summed E-state index contributed by atoms with van der Waals surface area (Å²) < 4.78 is 15.0. The molecule has 0 unspecified atom stereocenters. The number of nitrogens with zero attached hydrogens (tertiary/aromatic N) is 5. The lowest BCUT2D eigenvalue weighted by Gasteiger charge is -2.21. The number of halogens is 1. The number of rotatable bonds is 8. The minimum absolute atomic E-state index is 0.00370. The fourth-order valence-electron chi connectivity index (χ4n) is 4.72. The molecular formula is C25H30FN5O. The number of likely N-dealkylation sites (tertiary alicyclic amines) is 1. The van der Waals surface area contributed by atoms with E-state index in [2.05, 4.69) is 41.0 Å². The van der Waals surface area contributed by atoms with Crippen LogP contribution < -0.4 is 0 Å². The molecule has 1 aromatic carbocycles. The zero-order valence-corrected chi connectivity index (χ0v) is 18.7. The van der Waals surface area contributed by atoms with Gasteiger partial charge in [-0.05, 0) is 24.8 Å². The number of amides is 1. The summed E-state index contributed by atoms with van der Waals surface area (Å²) >= 11 is 0. The average Bonchev–Trinajstić information content (AvgIpc) is 3.48. The highest BCUT2D eigenvalue weighted by molar-refractivity contribution is 5.95. The van der Waals surface area contributed by atoms with E-state index >= 15 is 0 Å². The van der Waals surface area contributed by atoms with Gasteiger partial charge in [-0.2, -0.15) is 5.10 Å². The van der Waals surface area contributed by atoms with Gasteiger partial charge in [0.25, 0.3) is 11.9 Å². The Labute approximate surface area is 188 Å². The summed E-state index contributed by atoms with van der Waals surface area (Å²) in [5, 5.41) is 4.49. The summed E-state index contributed by atoms with van der Waals surface area (Å²) in [5.41, 5.74) is 2.72. The first-order valence-electron chi connectivity index (χ1n) is 11.5. The first kappa shape index (κ1) is 22.1. The van der Waals surface area contributed by atoms with Gasteiger partial charge in [-0.3, -0.25) is 4.79 Å². The molecular weight excluding hydrogens is 405 g/mol. The smallest absolute Gasteiger partial charge is 0.257 e. The van der Waals surface area contributed by atoms with E-state index in [1.54, 1.807) is 10.9 Å². The third kappa shape index (κ3) is 4.56. The molecule has 32 heavy (non-hydrogen) atoms. The van der Waals surface area contributed by atoms with Crippen LogP contribution in [0.4, 0.5) is 4.39 Å². The quantitative estimate of drug-likeness (QED) is 0.493. The maximum atomic E-state index is 13.6. The van der Waals surface area contributed by atoms with Gasteiger partial charge in [-0.1, -0.05) is 57.0 Å². The second-order valence-electron chi connectivity index (χ2n) is 8.48. The van der Waals surface area contributed by atoms with Crippen molar-refractivity contribution in [2.75, 3.05) is 13.1 Å². The topological polar surface area (TPSA) is 63.9 Å². The molecule has 7 heteroatoms. The van der Waals surface area contributed by atoms with Crippen molar-refractivity contribution in [3.8, 4) is 5.95 Å². The molecule has 2 aromatic heterocycles. The van der Waals surface area contributed by atoms with Crippen LogP contribution in [0.5, 0.6) is 0 Å². The molecule has 3 heterocycles. The summed E-state index contributed by atoms with van der Waals surface area (Å²) in [6.45, 7) is 5.71. The zero-order valence-electron chi connectivity index (χ0n) is 18.7. The molecule has 1 amide bonds. The number of hydrogen-bond acceptors (Lipinski definition) is 4. The van der Waals surface area contributed by atoms with Gasteiger partial charge in [-0.25, -0.2) is 19.0 Å². The van der Waals surface area contributed by atoms with Crippen molar-refractivity contribution in [3.05, 3.63) is 71.6 Å². The maximum absolute atomic E-state index is 13.6. The van der Waals surface area contributed by atoms with Crippen LogP contribution in [0.15, 0.2) is 48.9 Å². The first-order valence-corrected chi connectivity index (χ1v) is 11.5. The fraction of sp³-hybridized carbons (Fsp3) is 0.440. The third-order valence-corrected chi connectivity index (χ3v) is 6.24. The van der Waals surface area contributed by atoms with E-state index in [0.29, 0.717) is 24.0 Å². The molecule has 0 saturated carbocycles. The van der Waals surface area contributed by atoms with E-state index in [-0.39, 0.29) is 11.8 Å². The van der Waals surface area contributed by atoms with Crippen molar-refractivity contribution in [2.24, 2.45) is 0 Å². The molecule has 1 aliphatic rings. The molecule has 4 rings (SSSR count). The molecule has 1 atom stereocenters. The Morgan fingerprint density at radius 1 is 1.09 bits per heavy atom.